The summed E-state index contributed by atoms with van der Waals surface area (Å²) in [5.74, 6) is 0.362. The number of carbonyl (C=O) groups is 1. The van der Waals surface area contributed by atoms with E-state index in [0.29, 0.717) is 35.5 Å². The third-order valence-corrected chi connectivity index (χ3v) is 6.04. The number of alkyl halides is 3. The van der Waals surface area contributed by atoms with Crippen LogP contribution in [0.1, 0.15) is 30.5 Å². The molecule has 4 rings (SSSR count). The number of nitrogens with zero attached hydrogens (tertiary/aromatic N) is 3. The summed E-state index contributed by atoms with van der Waals surface area (Å²) in [6.45, 7) is 4.96. The second-order valence-corrected chi connectivity index (χ2v) is 8.24. The first kappa shape index (κ1) is 24.9. The van der Waals surface area contributed by atoms with Crippen molar-refractivity contribution in [3.63, 3.8) is 0 Å². The highest BCUT2D eigenvalue weighted by molar-refractivity contribution is 5.99. The highest BCUT2D eigenvalue weighted by atomic mass is 19.4. The van der Waals surface area contributed by atoms with Crippen LogP contribution in [0, 0.1) is 11.3 Å². The van der Waals surface area contributed by atoms with Gasteiger partial charge in [-0.25, -0.2) is 4.79 Å². The van der Waals surface area contributed by atoms with Crippen LogP contribution >= 0.6 is 0 Å². The largest absolute Gasteiger partial charge is 0.416 e. The van der Waals surface area contributed by atoms with E-state index in [2.05, 4.69) is 6.07 Å². The fraction of sp³-hybridized carbons (Fsp3) is 0.214. The first-order valence-corrected chi connectivity index (χ1v) is 11.5. The maximum Gasteiger partial charge on any atom is 0.416 e. The number of ether oxygens (including phenoxy) is 1. The van der Waals surface area contributed by atoms with Gasteiger partial charge in [-0.2, -0.15) is 18.4 Å². The zero-order valence-electron chi connectivity index (χ0n) is 19.8. The molecule has 8 heteroatoms. The number of hydrogen-bond acceptors (Lipinski definition) is 3. The Morgan fingerprint density at radius 1 is 1.03 bits per heavy atom. The number of nitriles is 1. The molecular weight excluding hydrogens is 467 g/mol. The number of rotatable bonds is 6. The molecule has 0 aliphatic carbocycles. The lowest BCUT2D eigenvalue weighted by atomic mass is 9.99. The first-order valence-electron chi connectivity index (χ1n) is 11.5. The van der Waals surface area contributed by atoms with Crippen LogP contribution in [0.15, 0.2) is 72.9 Å². The molecule has 0 N–H and O–H groups in total. The topological polar surface area (TPSA) is 58.3 Å². The molecule has 0 fully saturated rings. The summed E-state index contributed by atoms with van der Waals surface area (Å²) in [5, 5.41) is 9.95. The predicted octanol–water partition coefficient (Wildman–Crippen LogP) is 7.09. The van der Waals surface area contributed by atoms with Gasteiger partial charge in [0.1, 0.15) is 5.75 Å². The third kappa shape index (κ3) is 5.05. The lowest BCUT2D eigenvalue weighted by molar-refractivity contribution is -0.137. The van der Waals surface area contributed by atoms with E-state index in [9.17, 15) is 23.2 Å². The van der Waals surface area contributed by atoms with Gasteiger partial charge in [-0.1, -0.05) is 24.3 Å². The van der Waals surface area contributed by atoms with E-state index >= 15 is 0 Å². The summed E-state index contributed by atoms with van der Waals surface area (Å²) in [5.41, 5.74) is 2.50. The molecule has 0 atom stereocenters. The highest BCUT2D eigenvalue weighted by Crippen LogP contribution is 2.38. The number of aromatic nitrogens is 1. The third-order valence-electron chi connectivity index (χ3n) is 6.04. The normalized spacial score (nSPS) is 11.3. The van der Waals surface area contributed by atoms with Gasteiger partial charge in [0.2, 0.25) is 0 Å². The number of hydrogen-bond donors (Lipinski definition) is 0. The summed E-state index contributed by atoms with van der Waals surface area (Å²) in [6, 6.07) is 19.6. The Balaban J connectivity index is 1.79. The minimum absolute atomic E-state index is 0.235. The minimum Gasteiger partial charge on any atom is -0.410 e. The van der Waals surface area contributed by atoms with Crippen molar-refractivity contribution in [3.05, 3.63) is 89.6 Å². The summed E-state index contributed by atoms with van der Waals surface area (Å²) in [6.07, 6.45) is -3.09. The van der Waals surface area contributed by atoms with Crippen molar-refractivity contribution < 1.29 is 22.7 Å². The number of halogens is 3. The fourth-order valence-corrected chi connectivity index (χ4v) is 4.17. The predicted molar refractivity (Wildman–Crippen MR) is 132 cm³/mol. The second-order valence-electron chi connectivity index (χ2n) is 8.24. The van der Waals surface area contributed by atoms with E-state index in [-0.39, 0.29) is 6.54 Å². The summed E-state index contributed by atoms with van der Waals surface area (Å²) in [4.78, 5) is 14.3. The molecule has 0 aliphatic rings. The zero-order chi connectivity index (χ0) is 25.9. The van der Waals surface area contributed by atoms with E-state index in [4.69, 9.17) is 4.74 Å². The Labute approximate surface area is 206 Å². The number of fused-ring (bicyclic) bond motifs is 1. The van der Waals surface area contributed by atoms with E-state index in [1.807, 2.05) is 24.5 Å². The van der Waals surface area contributed by atoms with E-state index in [0.717, 1.165) is 28.6 Å². The Morgan fingerprint density at radius 3 is 2.39 bits per heavy atom. The minimum atomic E-state index is -4.42. The summed E-state index contributed by atoms with van der Waals surface area (Å²) >= 11 is 0. The first-order chi connectivity index (χ1) is 17.2. The number of amides is 1. The summed E-state index contributed by atoms with van der Waals surface area (Å²) < 4.78 is 47.2. The van der Waals surface area contributed by atoms with Crippen molar-refractivity contribution in [2.45, 2.75) is 26.6 Å². The number of benzene rings is 3. The van der Waals surface area contributed by atoms with Gasteiger partial charge in [0.25, 0.3) is 0 Å². The monoisotopic (exact) mass is 491 g/mol. The van der Waals surface area contributed by atoms with E-state index < -0.39 is 17.8 Å². The molecule has 36 heavy (non-hydrogen) atoms. The van der Waals surface area contributed by atoms with Crippen molar-refractivity contribution >= 4 is 17.0 Å². The molecule has 184 valence electrons. The van der Waals surface area contributed by atoms with E-state index in [1.54, 1.807) is 53.6 Å². The number of carbonyl (C=O) groups excluding carboxylic acids is 1. The van der Waals surface area contributed by atoms with Crippen LogP contribution in [0.5, 0.6) is 5.75 Å². The van der Waals surface area contributed by atoms with Crippen LogP contribution in [0.3, 0.4) is 0 Å². The van der Waals surface area contributed by atoms with Gasteiger partial charge in [0.05, 0.1) is 17.2 Å². The highest BCUT2D eigenvalue weighted by Gasteiger charge is 2.30. The molecule has 0 saturated heterocycles. The molecule has 1 heterocycles. The summed E-state index contributed by atoms with van der Waals surface area (Å²) in [7, 11) is 0. The maximum absolute atomic E-state index is 13.2. The molecule has 1 aromatic heterocycles. The average molecular weight is 492 g/mol. The smallest absolute Gasteiger partial charge is 0.410 e. The molecule has 0 unspecified atom stereocenters. The van der Waals surface area contributed by atoms with Gasteiger partial charge in [-0.15, -0.1) is 0 Å². The Hall–Kier alpha value is -4.25. The quantitative estimate of drug-likeness (QED) is 0.289. The average Bonchev–Trinajstić information content (AvgIpc) is 3.27. The molecule has 3 aromatic carbocycles. The maximum atomic E-state index is 13.2. The molecule has 5 nitrogen and oxygen atoms in total. The Morgan fingerprint density at radius 2 is 1.75 bits per heavy atom. The Bertz CT molecular complexity index is 1430. The molecule has 0 saturated carbocycles. The zero-order valence-corrected chi connectivity index (χ0v) is 19.8. The molecule has 0 radical (unpaired) electrons. The van der Waals surface area contributed by atoms with Crippen LogP contribution in [0.2, 0.25) is 0 Å². The van der Waals surface area contributed by atoms with Gasteiger partial charge in [0, 0.05) is 42.3 Å². The van der Waals surface area contributed by atoms with Crippen LogP contribution in [0.25, 0.3) is 22.0 Å². The van der Waals surface area contributed by atoms with Gasteiger partial charge in [-0.3, -0.25) is 0 Å². The Kier molecular flexibility index (Phi) is 7.02. The second kappa shape index (κ2) is 10.2. The lowest BCUT2D eigenvalue weighted by Gasteiger charge is -2.20. The van der Waals surface area contributed by atoms with Crippen LogP contribution < -0.4 is 4.74 Å². The van der Waals surface area contributed by atoms with Gasteiger partial charge >= 0.3 is 12.3 Å². The van der Waals surface area contributed by atoms with Crippen LogP contribution in [-0.2, 0) is 12.7 Å². The lowest BCUT2D eigenvalue weighted by Crippen LogP contribution is -2.33. The SMILES string of the molecule is CCN(CC)C(=O)Oc1ccc2c(ccn2Cc2cccc(C(F)(F)F)c2)c1-c1ccc(C#N)cc1. The van der Waals surface area contributed by atoms with Crippen molar-refractivity contribution in [2.24, 2.45) is 0 Å². The molecule has 4 aromatic rings. The molecule has 0 spiro atoms. The van der Waals surface area contributed by atoms with Crippen molar-refractivity contribution in [1.29, 1.82) is 5.26 Å². The molecule has 1 amide bonds. The van der Waals surface area contributed by atoms with Crippen molar-refractivity contribution in [2.75, 3.05) is 13.1 Å². The van der Waals surface area contributed by atoms with Gasteiger partial charge in [0.15, 0.2) is 0 Å². The van der Waals surface area contributed by atoms with E-state index in [1.165, 1.54) is 6.07 Å². The standard InChI is InChI=1S/C28H24F3N3O2/c1-3-33(4-2)27(35)36-25-13-12-24-23(26(25)21-10-8-19(17-32)9-11-21)14-15-34(24)18-20-6-5-7-22(16-20)28(29,30)31/h5-16H,3-4,18H2,1-2H3. The van der Waals surface area contributed by atoms with Crippen LogP contribution in [0.4, 0.5) is 18.0 Å². The van der Waals surface area contributed by atoms with Gasteiger partial charge < -0.3 is 14.2 Å². The molecular formula is C28H24F3N3O2. The van der Waals surface area contributed by atoms with Crippen molar-refractivity contribution in [1.82, 2.24) is 9.47 Å². The fourth-order valence-electron chi connectivity index (χ4n) is 4.17. The molecule has 0 aliphatic heterocycles. The molecule has 0 bridgehead atoms. The van der Waals surface area contributed by atoms with Crippen molar-refractivity contribution in [3.8, 4) is 22.9 Å². The van der Waals surface area contributed by atoms with Crippen LogP contribution in [-0.4, -0.2) is 28.6 Å². The van der Waals surface area contributed by atoms with Gasteiger partial charge in [-0.05, 0) is 67.4 Å².